The average molecular weight is 196 g/mol. The van der Waals surface area contributed by atoms with Gasteiger partial charge in [-0.15, -0.1) is 0 Å². The van der Waals surface area contributed by atoms with Crippen LogP contribution in [0.1, 0.15) is 24.2 Å². The minimum Gasteiger partial charge on any atom is -0.228 e. The highest BCUT2D eigenvalue weighted by Gasteiger charge is 2.43. The molecule has 2 unspecified atom stereocenters. The van der Waals surface area contributed by atoms with Crippen LogP contribution < -0.4 is 0 Å². The lowest BCUT2D eigenvalue weighted by atomic mass is 10.1. The summed E-state index contributed by atoms with van der Waals surface area (Å²) in [6.07, 6.45) is 0.770. The third-order valence-corrected chi connectivity index (χ3v) is 5.25. The van der Waals surface area contributed by atoms with Gasteiger partial charge in [0.15, 0.2) is 9.84 Å². The third kappa shape index (κ3) is 1.27. The Morgan fingerprint density at radius 1 is 1.23 bits per heavy atom. The van der Waals surface area contributed by atoms with E-state index in [-0.39, 0.29) is 10.5 Å². The van der Waals surface area contributed by atoms with Gasteiger partial charge < -0.3 is 0 Å². The first kappa shape index (κ1) is 8.75. The fourth-order valence-corrected chi connectivity index (χ4v) is 3.48. The van der Waals surface area contributed by atoms with Gasteiger partial charge in [-0.3, -0.25) is 0 Å². The normalized spacial score (nSPS) is 30.8. The topological polar surface area (TPSA) is 34.1 Å². The van der Waals surface area contributed by atoms with E-state index < -0.39 is 9.84 Å². The van der Waals surface area contributed by atoms with Gasteiger partial charge in [0.1, 0.15) is 0 Å². The second kappa shape index (κ2) is 2.84. The van der Waals surface area contributed by atoms with Crippen molar-refractivity contribution in [3.63, 3.8) is 0 Å². The highest BCUT2D eigenvalue weighted by atomic mass is 32.2. The van der Waals surface area contributed by atoms with Gasteiger partial charge in [-0.2, -0.15) is 0 Å². The summed E-state index contributed by atoms with van der Waals surface area (Å²) >= 11 is 0. The monoisotopic (exact) mass is 196 g/mol. The van der Waals surface area contributed by atoms with E-state index in [4.69, 9.17) is 0 Å². The van der Waals surface area contributed by atoms with Crippen LogP contribution in [0, 0.1) is 0 Å². The van der Waals surface area contributed by atoms with Gasteiger partial charge in [0.25, 0.3) is 0 Å². The third-order valence-electron chi connectivity index (χ3n) is 2.67. The standard InChI is InChI=1S/C10H12O2S/c1-8-7-10(13(8,11)12)9-5-3-2-4-6-9/h2-6,8,10H,7H2,1H3. The zero-order chi connectivity index (χ0) is 9.47. The second-order valence-corrected chi connectivity index (χ2v) is 6.09. The molecule has 0 aliphatic carbocycles. The first-order valence-corrected chi connectivity index (χ1v) is 6.01. The molecule has 1 aliphatic heterocycles. The molecule has 0 radical (unpaired) electrons. The Hall–Kier alpha value is -0.830. The highest BCUT2D eigenvalue weighted by molar-refractivity contribution is 7.93. The lowest BCUT2D eigenvalue weighted by molar-refractivity contribution is 0.521. The highest BCUT2D eigenvalue weighted by Crippen LogP contribution is 2.41. The Morgan fingerprint density at radius 3 is 2.31 bits per heavy atom. The summed E-state index contributed by atoms with van der Waals surface area (Å²) in [5, 5.41) is -0.401. The molecule has 1 aliphatic rings. The van der Waals surface area contributed by atoms with Crippen LogP contribution in [0.4, 0.5) is 0 Å². The molecule has 2 atom stereocenters. The van der Waals surface area contributed by atoms with Crippen molar-refractivity contribution in [2.45, 2.75) is 23.8 Å². The molecule has 1 aromatic rings. The minimum atomic E-state index is -2.85. The first-order chi connectivity index (χ1) is 6.12. The van der Waals surface area contributed by atoms with Crippen LogP contribution in [0.2, 0.25) is 0 Å². The van der Waals surface area contributed by atoms with Crippen LogP contribution in [-0.4, -0.2) is 13.7 Å². The molecule has 2 nitrogen and oxygen atoms in total. The predicted molar refractivity (Wildman–Crippen MR) is 52.2 cm³/mol. The number of hydrogen-bond donors (Lipinski definition) is 0. The second-order valence-electron chi connectivity index (χ2n) is 3.53. The molecule has 1 heterocycles. The van der Waals surface area contributed by atoms with Crippen LogP contribution in [-0.2, 0) is 9.84 Å². The van der Waals surface area contributed by atoms with E-state index >= 15 is 0 Å². The Morgan fingerprint density at radius 2 is 1.85 bits per heavy atom. The van der Waals surface area contributed by atoms with Gasteiger partial charge in [0.05, 0.1) is 10.5 Å². The zero-order valence-electron chi connectivity index (χ0n) is 7.47. The molecule has 70 valence electrons. The van der Waals surface area contributed by atoms with Crippen molar-refractivity contribution in [3.8, 4) is 0 Å². The number of hydrogen-bond acceptors (Lipinski definition) is 2. The lowest BCUT2D eigenvalue weighted by Gasteiger charge is -2.32. The van der Waals surface area contributed by atoms with E-state index in [1.54, 1.807) is 6.92 Å². The molecule has 3 heteroatoms. The fourth-order valence-electron chi connectivity index (χ4n) is 1.72. The zero-order valence-corrected chi connectivity index (χ0v) is 8.29. The Bertz CT molecular complexity index is 394. The summed E-state index contributed by atoms with van der Waals surface area (Å²) in [4.78, 5) is 0. The lowest BCUT2D eigenvalue weighted by Crippen LogP contribution is -2.37. The van der Waals surface area contributed by atoms with Crippen molar-refractivity contribution in [1.82, 2.24) is 0 Å². The van der Waals surface area contributed by atoms with E-state index in [2.05, 4.69) is 0 Å². The maximum Gasteiger partial charge on any atom is 0.159 e. The quantitative estimate of drug-likeness (QED) is 0.687. The van der Waals surface area contributed by atoms with Crippen molar-refractivity contribution < 1.29 is 8.42 Å². The summed E-state index contributed by atoms with van der Waals surface area (Å²) in [5.74, 6) is 0. The predicted octanol–water partition coefficient (Wildman–Crippen LogP) is 1.93. The van der Waals surface area contributed by atoms with Gasteiger partial charge in [-0.05, 0) is 18.9 Å². The molecule has 1 fully saturated rings. The van der Waals surface area contributed by atoms with E-state index in [0.717, 1.165) is 12.0 Å². The SMILES string of the molecule is CC1CC(c2ccccc2)S1(=O)=O. The van der Waals surface area contributed by atoms with Gasteiger partial charge >= 0.3 is 0 Å². The molecule has 0 bridgehead atoms. The van der Waals surface area contributed by atoms with Crippen molar-refractivity contribution in [2.75, 3.05) is 0 Å². The summed E-state index contributed by atoms with van der Waals surface area (Å²) in [5.41, 5.74) is 0.931. The van der Waals surface area contributed by atoms with Crippen LogP contribution in [0.15, 0.2) is 30.3 Å². The van der Waals surface area contributed by atoms with Crippen LogP contribution in [0.3, 0.4) is 0 Å². The smallest absolute Gasteiger partial charge is 0.159 e. The minimum absolute atomic E-state index is 0.155. The van der Waals surface area contributed by atoms with E-state index in [1.165, 1.54) is 0 Å². The van der Waals surface area contributed by atoms with Gasteiger partial charge in [0.2, 0.25) is 0 Å². The maximum atomic E-state index is 11.5. The summed E-state index contributed by atoms with van der Waals surface area (Å²) in [7, 11) is -2.85. The maximum absolute atomic E-state index is 11.5. The van der Waals surface area contributed by atoms with Crippen molar-refractivity contribution in [1.29, 1.82) is 0 Å². The number of sulfone groups is 1. The molecule has 0 amide bonds. The molecular formula is C10H12O2S. The molecule has 0 aromatic heterocycles. The molecule has 1 aromatic carbocycles. The summed E-state index contributed by atoms with van der Waals surface area (Å²) in [6.45, 7) is 1.77. The molecule has 0 spiro atoms. The molecule has 0 saturated carbocycles. The van der Waals surface area contributed by atoms with Crippen LogP contribution in [0.25, 0.3) is 0 Å². The van der Waals surface area contributed by atoms with E-state index in [0.29, 0.717) is 0 Å². The van der Waals surface area contributed by atoms with Crippen molar-refractivity contribution >= 4 is 9.84 Å². The van der Waals surface area contributed by atoms with Crippen LogP contribution >= 0.6 is 0 Å². The van der Waals surface area contributed by atoms with Gasteiger partial charge in [-0.1, -0.05) is 30.3 Å². The summed E-state index contributed by atoms with van der Waals surface area (Å²) in [6, 6.07) is 9.43. The molecule has 1 saturated heterocycles. The largest absolute Gasteiger partial charge is 0.228 e. The Labute approximate surface area is 78.5 Å². The molecular weight excluding hydrogens is 184 g/mol. The van der Waals surface area contributed by atoms with Crippen LogP contribution in [0.5, 0.6) is 0 Å². The Kier molecular flexibility index (Phi) is 1.91. The molecule has 2 rings (SSSR count). The fraction of sp³-hybridized carbons (Fsp3) is 0.400. The first-order valence-electron chi connectivity index (χ1n) is 4.40. The molecule has 13 heavy (non-hydrogen) atoms. The van der Waals surface area contributed by atoms with E-state index in [1.807, 2.05) is 30.3 Å². The van der Waals surface area contributed by atoms with Gasteiger partial charge in [0, 0.05) is 0 Å². The number of rotatable bonds is 1. The average Bonchev–Trinajstić information content (AvgIpc) is 2.15. The number of benzene rings is 1. The Balaban J connectivity index is 2.33. The van der Waals surface area contributed by atoms with E-state index in [9.17, 15) is 8.42 Å². The molecule has 0 N–H and O–H groups in total. The summed E-state index contributed by atoms with van der Waals surface area (Å²) < 4.78 is 23.1. The van der Waals surface area contributed by atoms with Crippen molar-refractivity contribution in [3.05, 3.63) is 35.9 Å². The van der Waals surface area contributed by atoms with Crippen molar-refractivity contribution in [2.24, 2.45) is 0 Å². The van der Waals surface area contributed by atoms with Gasteiger partial charge in [-0.25, -0.2) is 8.42 Å².